The topological polar surface area (TPSA) is 6.48 Å². The van der Waals surface area contributed by atoms with E-state index in [1.165, 1.54) is 178 Å². The molecule has 0 aromatic heterocycles. The molecule has 3 aliphatic carbocycles. The Bertz CT molecular complexity index is 5910. The summed E-state index contributed by atoms with van der Waals surface area (Å²) >= 11 is 0. The van der Waals surface area contributed by atoms with Gasteiger partial charge in [0.25, 0.3) is 0 Å². The summed E-state index contributed by atoms with van der Waals surface area (Å²) in [6, 6.07) is 99.8. The lowest BCUT2D eigenvalue weighted by molar-refractivity contribution is 0.422. The fourth-order valence-electron chi connectivity index (χ4n) is 19.8. The number of rotatable bonds is 21. The number of hydrogen-bond acceptors (Lipinski definition) is 2. The van der Waals surface area contributed by atoms with Crippen LogP contribution in [0.5, 0.6) is 0 Å². The minimum absolute atomic E-state index is 0.00649. The Morgan fingerprint density at radius 2 is 0.617 bits per heavy atom. The van der Waals surface area contributed by atoms with Crippen LogP contribution in [0.15, 0.2) is 304 Å². The summed E-state index contributed by atoms with van der Waals surface area (Å²) in [4.78, 5) is 4.95. The van der Waals surface area contributed by atoms with E-state index in [1.807, 2.05) is 12.2 Å². The van der Waals surface area contributed by atoms with Gasteiger partial charge in [0, 0.05) is 33.6 Å². The van der Waals surface area contributed by atoms with E-state index in [0.717, 1.165) is 61.3 Å². The molecule has 0 saturated heterocycles. The molecule has 0 fully saturated rings. The standard InChI is InChI=1S/C113H112N2/c1-19-21-23-25-27-59-112(60-28-26-24-22-20-2)103-70-82(81-38-47-92(48-39-81)115(108-79(9)66-90(67-80(108)10)110(14,15)16)94-51-49-93(50-52-94)114(91-45-35-73(3)36-46-91)107-77(7)64-89(65-78(107)8)109(11,12)13)40-56-97(103)98-57-43-85(71-104(98)112)83-41-54-95-96-55-42-84(69-102(96)111(17,18)101(95)68-83)86-44-58-100-99-53-37-76(6)63-105(99)113(106(100)72-86,87-33-29-31-74(4)61-87)88-34-30-32-75(5)62-88/h19-24,29-58,61-72H,1-2,25-28,59-60H2,3-18H3/b23-21-,24-22-. The number of aryl methyl sites for hydroxylation is 8. The highest BCUT2D eigenvalue weighted by atomic mass is 15.2. The third kappa shape index (κ3) is 13.9. The van der Waals surface area contributed by atoms with Crippen LogP contribution in [-0.2, 0) is 27.1 Å². The first-order valence-electron chi connectivity index (χ1n) is 41.9. The molecule has 0 N–H and O–H groups in total. The molecule has 0 radical (unpaired) electrons. The predicted molar refractivity (Wildman–Crippen MR) is 495 cm³/mol. The van der Waals surface area contributed by atoms with Crippen molar-refractivity contribution in [2.45, 2.75) is 176 Å². The molecule has 2 heteroatoms. The van der Waals surface area contributed by atoms with Crippen LogP contribution < -0.4 is 9.80 Å². The van der Waals surface area contributed by atoms with Crippen molar-refractivity contribution in [2.75, 3.05) is 9.80 Å². The summed E-state index contributed by atoms with van der Waals surface area (Å²) in [7, 11) is 0. The van der Waals surface area contributed by atoms with Crippen LogP contribution in [0.25, 0.3) is 66.8 Å². The Kier molecular flexibility index (Phi) is 20.4. The second kappa shape index (κ2) is 30.3. The molecule has 0 spiro atoms. The van der Waals surface area contributed by atoms with Gasteiger partial charge in [0.15, 0.2) is 0 Å². The van der Waals surface area contributed by atoms with Gasteiger partial charge in [-0.1, -0.05) is 303 Å². The lowest BCUT2D eigenvalue weighted by atomic mass is 9.67. The largest absolute Gasteiger partial charge is 0.310 e. The molecule has 115 heavy (non-hydrogen) atoms. The number of allylic oxidation sites excluding steroid dienone is 6. The van der Waals surface area contributed by atoms with E-state index in [9.17, 15) is 0 Å². The Hall–Kier alpha value is -11.6. The first kappa shape index (κ1) is 77.4. The van der Waals surface area contributed by atoms with Crippen LogP contribution >= 0.6 is 0 Å². The lowest BCUT2D eigenvalue weighted by Gasteiger charge is -2.35. The molecule has 0 atom stereocenters. The molecule has 0 saturated carbocycles. The minimum Gasteiger partial charge on any atom is -0.310 e. The summed E-state index contributed by atoms with van der Waals surface area (Å²) in [5, 5.41) is 0. The van der Waals surface area contributed by atoms with Gasteiger partial charge in [-0.2, -0.15) is 0 Å². The molecule has 0 heterocycles. The van der Waals surface area contributed by atoms with E-state index in [4.69, 9.17) is 0 Å². The van der Waals surface area contributed by atoms with Crippen LogP contribution in [-0.4, -0.2) is 0 Å². The Balaban J connectivity index is 0.756. The first-order chi connectivity index (χ1) is 55.2. The van der Waals surface area contributed by atoms with E-state index in [1.54, 1.807) is 0 Å². The highest BCUT2D eigenvalue weighted by Crippen LogP contribution is 2.60. The fraction of sp³-hybridized carbons (Fsp3) is 0.239. The van der Waals surface area contributed by atoms with Gasteiger partial charge in [-0.3, -0.25) is 0 Å². The van der Waals surface area contributed by atoms with Crippen molar-refractivity contribution >= 4 is 34.1 Å². The molecular formula is C113H112N2. The predicted octanol–water partition coefficient (Wildman–Crippen LogP) is 31.5. The van der Waals surface area contributed by atoms with Crippen LogP contribution in [0.2, 0.25) is 0 Å². The van der Waals surface area contributed by atoms with Gasteiger partial charge < -0.3 is 9.80 Å². The van der Waals surface area contributed by atoms with Crippen molar-refractivity contribution in [1.82, 2.24) is 0 Å². The normalized spacial score (nSPS) is 14.0. The number of hydrogen-bond donors (Lipinski definition) is 0. The number of anilines is 6. The van der Waals surface area contributed by atoms with Gasteiger partial charge in [0.2, 0.25) is 0 Å². The number of unbranched alkanes of at least 4 members (excludes halogenated alkanes) is 2. The molecule has 0 aliphatic heterocycles. The van der Waals surface area contributed by atoms with Crippen LogP contribution in [0.3, 0.4) is 0 Å². The monoisotopic (exact) mass is 1500 g/mol. The van der Waals surface area contributed by atoms with Gasteiger partial charge in [-0.05, 0) is 328 Å². The summed E-state index contributed by atoms with van der Waals surface area (Å²) in [6.07, 6.45) is 18.7. The number of fused-ring (bicyclic) bond motifs is 9. The Morgan fingerprint density at radius 1 is 0.313 bits per heavy atom. The first-order valence-corrected chi connectivity index (χ1v) is 41.9. The highest BCUT2D eigenvalue weighted by Gasteiger charge is 2.48. The summed E-state index contributed by atoms with van der Waals surface area (Å²) < 4.78 is 0. The molecule has 0 unspecified atom stereocenters. The molecule has 2 nitrogen and oxygen atoms in total. The molecule has 13 aromatic rings. The third-order valence-electron chi connectivity index (χ3n) is 25.7. The van der Waals surface area contributed by atoms with Gasteiger partial charge in [0.1, 0.15) is 0 Å². The van der Waals surface area contributed by atoms with Crippen LogP contribution in [0.4, 0.5) is 34.1 Å². The maximum Gasteiger partial charge on any atom is 0.0714 e. The highest BCUT2D eigenvalue weighted by molar-refractivity contribution is 5.93. The lowest BCUT2D eigenvalue weighted by Crippen LogP contribution is -2.29. The average molecular weight is 1500 g/mol. The molecule has 16 rings (SSSR count). The number of nitrogens with zero attached hydrogens (tertiary/aromatic N) is 2. The quantitative estimate of drug-likeness (QED) is 0.0523. The number of benzene rings is 13. The van der Waals surface area contributed by atoms with Crippen molar-refractivity contribution in [1.29, 1.82) is 0 Å². The van der Waals surface area contributed by atoms with Gasteiger partial charge in [0.05, 0.1) is 16.8 Å². The van der Waals surface area contributed by atoms with Gasteiger partial charge in [-0.25, -0.2) is 0 Å². The van der Waals surface area contributed by atoms with Crippen molar-refractivity contribution in [3.8, 4) is 66.8 Å². The third-order valence-corrected chi connectivity index (χ3v) is 25.7. The maximum atomic E-state index is 4.06. The smallest absolute Gasteiger partial charge is 0.0714 e. The van der Waals surface area contributed by atoms with Crippen molar-refractivity contribution in [3.05, 3.63) is 405 Å². The summed E-state index contributed by atoms with van der Waals surface area (Å²) in [6.45, 7) is 44.9. The SMILES string of the molecule is C=C/C=C\CCCC1(CCC/C=C\C=C)c2cc(-c3ccc(N(c4ccc(N(c5ccc(C)cc5)c5c(C)cc(C(C)(C)C)cc5C)cc4)c4c(C)cc(C(C)(C)C)cc4C)cc3)ccc2-c2ccc(-c3ccc4c(c3)C(C)(C)c3cc(-c5ccc6c(c5)C(c5cccc(C)c5)(c5cccc(C)c5)c5cc(C)ccc5-6)ccc3-4)cc21. The van der Waals surface area contributed by atoms with E-state index in [-0.39, 0.29) is 21.7 Å². The van der Waals surface area contributed by atoms with Crippen molar-refractivity contribution < 1.29 is 0 Å². The van der Waals surface area contributed by atoms with Crippen molar-refractivity contribution in [2.24, 2.45) is 0 Å². The zero-order chi connectivity index (χ0) is 80.6. The fourth-order valence-corrected chi connectivity index (χ4v) is 19.8. The molecule has 3 aliphatic rings. The Morgan fingerprint density at radius 3 is 1.00 bits per heavy atom. The summed E-state index contributed by atoms with van der Waals surface area (Å²) in [5.41, 5.74) is 44.9. The second-order valence-corrected chi connectivity index (χ2v) is 36.1. The molecule has 0 bridgehead atoms. The molecular weight excluding hydrogens is 1390 g/mol. The average Bonchev–Trinajstić information content (AvgIpc) is 1.55. The van der Waals surface area contributed by atoms with E-state index in [2.05, 4.69) is 413 Å². The zero-order valence-corrected chi connectivity index (χ0v) is 70.8. The maximum absolute atomic E-state index is 4.06. The van der Waals surface area contributed by atoms with Crippen LogP contribution in [0, 0.1) is 55.4 Å². The second-order valence-electron chi connectivity index (χ2n) is 36.1. The van der Waals surface area contributed by atoms with Crippen molar-refractivity contribution in [3.63, 3.8) is 0 Å². The van der Waals surface area contributed by atoms with Crippen LogP contribution in [0.1, 0.15) is 194 Å². The van der Waals surface area contributed by atoms with E-state index in [0.29, 0.717) is 0 Å². The van der Waals surface area contributed by atoms with E-state index >= 15 is 0 Å². The zero-order valence-electron chi connectivity index (χ0n) is 70.8. The minimum atomic E-state index is -0.497. The molecule has 13 aromatic carbocycles. The van der Waals surface area contributed by atoms with E-state index < -0.39 is 5.41 Å². The van der Waals surface area contributed by atoms with Gasteiger partial charge in [-0.15, -0.1) is 0 Å². The summed E-state index contributed by atoms with van der Waals surface area (Å²) in [5.74, 6) is 0. The molecule has 0 amide bonds. The van der Waals surface area contributed by atoms with Gasteiger partial charge >= 0.3 is 0 Å². The Labute approximate surface area is 687 Å². The molecule has 574 valence electrons.